The summed E-state index contributed by atoms with van der Waals surface area (Å²) >= 11 is 0. The highest BCUT2D eigenvalue weighted by molar-refractivity contribution is 6.08. The first-order valence-corrected chi connectivity index (χ1v) is 15.6. The normalized spacial score (nSPS) is 12.3. The predicted molar refractivity (Wildman–Crippen MR) is 201 cm³/mol. The van der Waals surface area contributed by atoms with E-state index in [1.165, 1.54) is 39.9 Å². The zero-order valence-corrected chi connectivity index (χ0v) is 26.9. The number of nitrogens with two attached hydrogens (primary N) is 1. The van der Waals surface area contributed by atoms with Crippen LogP contribution in [-0.2, 0) is 6.42 Å². The molecule has 3 nitrogen and oxygen atoms in total. The Morgan fingerprint density at radius 1 is 0.848 bits per heavy atom. The Morgan fingerprint density at radius 3 is 2.28 bits per heavy atom. The minimum absolute atomic E-state index is 0.836. The Kier molecular flexibility index (Phi) is 9.94. The maximum absolute atomic E-state index is 7.90. The number of benzene rings is 4. The second kappa shape index (κ2) is 14.4. The molecule has 0 amide bonds. The minimum atomic E-state index is 0.836. The monoisotopic (exact) mass is 599 g/mol. The number of nitrogens with zero attached hydrogens (tertiary/aromatic N) is 1. The number of allylic oxidation sites excluding steroid dienone is 7. The summed E-state index contributed by atoms with van der Waals surface area (Å²) in [5, 5.41) is 10.3. The third-order valence-electron chi connectivity index (χ3n) is 8.61. The molecule has 46 heavy (non-hydrogen) atoms. The first kappa shape index (κ1) is 31.7. The molecule has 0 bridgehead atoms. The maximum Gasteiger partial charge on any atom is 0.0572 e. The van der Waals surface area contributed by atoms with Crippen LogP contribution in [0.1, 0.15) is 46.0 Å². The van der Waals surface area contributed by atoms with Crippen molar-refractivity contribution >= 4 is 40.3 Å². The molecule has 5 aromatic rings. The average Bonchev–Trinajstić information content (AvgIpc) is 3.34. The highest BCUT2D eigenvalue weighted by Gasteiger charge is 2.22. The van der Waals surface area contributed by atoms with Gasteiger partial charge in [0.2, 0.25) is 0 Å². The van der Waals surface area contributed by atoms with Crippen LogP contribution < -0.4 is 5.73 Å². The van der Waals surface area contributed by atoms with Gasteiger partial charge in [-0.2, -0.15) is 0 Å². The minimum Gasteiger partial charge on any atom is -0.405 e. The van der Waals surface area contributed by atoms with Crippen LogP contribution in [0, 0.1) is 19.3 Å². The van der Waals surface area contributed by atoms with Gasteiger partial charge in [-0.05, 0) is 108 Å². The van der Waals surface area contributed by atoms with Crippen molar-refractivity contribution in [1.82, 2.24) is 4.57 Å². The zero-order valence-electron chi connectivity index (χ0n) is 26.9. The highest BCUT2D eigenvalue weighted by Crippen LogP contribution is 2.40. The van der Waals surface area contributed by atoms with Crippen LogP contribution in [0.15, 0.2) is 135 Å². The molecule has 1 heterocycles. The van der Waals surface area contributed by atoms with Crippen LogP contribution in [0.3, 0.4) is 0 Å². The lowest BCUT2D eigenvalue weighted by Crippen LogP contribution is -2.03. The van der Waals surface area contributed by atoms with E-state index in [1.807, 2.05) is 37.3 Å². The molecule has 3 N–H and O–H groups in total. The van der Waals surface area contributed by atoms with Gasteiger partial charge in [0, 0.05) is 17.2 Å². The lowest BCUT2D eigenvalue weighted by molar-refractivity contribution is 1.07. The van der Waals surface area contributed by atoms with Gasteiger partial charge >= 0.3 is 0 Å². The number of nitrogens with one attached hydrogen (secondary N) is 1. The van der Waals surface area contributed by atoms with E-state index in [0.29, 0.717) is 0 Å². The van der Waals surface area contributed by atoms with Gasteiger partial charge in [0.15, 0.2) is 0 Å². The summed E-state index contributed by atoms with van der Waals surface area (Å²) in [6.45, 7) is 14.8. The molecule has 0 saturated heterocycles. The van der Waals surface area contributed by atoms with E-state index in [-0.39, 0.29) is 0 Å². The van der Waals surface area contributed by atoms with Crippen molar-refractivity contribution in [3.05, 3.63) is 174 Å². The Balaban J connectivity index is 1.76. The lowest BCUT2D eigenvalue weighted by Gasteiger charge is -2.18. The van der Waals surface area contributed by atoms with Crippen LogP contribution in [0.25, 0.3) is 51.0 Å². The number of fused-ring (bicyclic) bond motifs is 1. The van der Waals surface area contributed by atoms with Gasteiger partial charge in [-0.25, -0.2) is 0 Å². The van der Waals surface area contributed by atoms with Crippen molar-refractivity contribution in [3.63, 3.8) is 0 Å². The zero-order chi connectivity index (χ0) is 32.6. The van der Waals surface area contributed by atoms with Gasteiger partial charge in [0.05, 0.1) is 17.1 Å². The van der Waals surface area contributed by atoms with E-state index in [9.17, 15) is 0 Å². The average molecular weight is 600 g/mol. The number of aromatic nitrogens is 1. The number of rotatable bonds is 11. The van der Waals surface area contributed by atoms with Crippen molar-refractivity contribution in [3.8, 4) is 16.9 Å². The van der Waals surface area contributed by atoms with Crippen molar-refractivity contribution in [1.29, 1.82) is 5.41 Å². The summed E-state index contributed by atoms with van der Waals surface area (Å²) < 4.78 is 2.40. The first-order valence-electron chi connectivity index (χ1n) is 15.6. The summed E-state index contributed by atoms with van der Waals surface area (Å²) in [7, 11) is 0. The van der Waals surface area contributed by atoms with Crippen molar-refractivity contribution in [2.45, 2.75) is 27.2 Å². The summed E-state index contributed by atoms with van der Waals surface area (Å²) in [6.07, 6.45) is 17.7. The molecular weight excluding hydrogens is 558 g/mol. The Morgan fingerprint density at radius 2 is 1.59 bits per heavy atom. The Labute approximate surface area is 273 Å². The van der Waals surface area contributed by atoms with Crippen LogP contribution >= 0.6 is 0 Å². The molecule has 0 aliphatic rings. The molecule has 0 saturated carbocycles. The van der Waals surface area contributed by atoms with Crippen LogP contribution in [0.2, 0.25) is 0 Å². The third-order valence-corrected chi connectivity index (χ3v) is 8.61. The van der Waals surface area contributed by atoms with Crippen LogP contribution in [-0.4, -0.2) is 10.8 Å². The van der Waals surface area contributed by atoms with E-state index in [0.717, 1.165) is 56.9 Å². The summed E-state index contributed by atoms with van der Waals surface area (Å²) in [5.41, 5.74) is 18.5. The SMILES string of the molecule is C=C/C(=C\c1c(C)c(C)c(-c2ccc(/C(C=N)=C/C)cc2C=C)n1-c1cccc2ccccc12)c1ccc(C/C=C\C=C/N)cc1. The predicted octanol–water partition coefficient (Wildman–Crippen LogP) is 10.9. The van der Waals surface area contributed by atoms with Crippen molar-refractivity contribution < 1.29 is 0 Å². The smallest absolute Gasteiger partial charge is 0.0572 e. The molecule has 0 radical (unpaired) electrons. The lowest BCUT2D eigenvalue weighted by atomic mass is 9.95. The second-order valence-electron chi connectivity index (χ2n) is 11.2. The largest absolute Gasteiger partial charge is 0.405 e. The first-order chi connectivity index (χ1) is 22.4. The van der Waals surface area contributed by atoms with Crippen LogP contribution in [0.4, 0.5) is 0 Å². The van der Waals surface area contributed by atoms with E-state index in [4.69, 9.17) is 11.1 Å². The van der Waals surface area contributed by atoms with Gasteiger partial charge in [0.1, 0.15) is 0 Å². The molecular formula is C43H41N3. The quantitative estimate of drug-likeness (QED) is 0.115. The molecule has 0 atom stereocenters. The topological polar surface area (TPSA) is 54.8 Å². The standard InChI is InChI=1S/C43H41N3/c1-6-33(36-22-20-32(21-23-36)15-10-9-13-26-44)28-42-30(4)31(5)43(40-25-24-38(27-34(40)7-2)35(8-3)29-45)46(42)41-19-14-17-37-16-11-12-18-39(37)41/h6-14,16-29,45H,1-2,15,44H2,3-5H3/b10-9-,26-13-,33-28+,35-8+,45-29?. The summed E-state index contributed by atoms with van der Waals surface area (Å²) in [6, 6.07) is 30.1. The van der Waals surface area contributed by atoms with Gasteiger partial charge in [-0.15, -0.1) is 0 Å². The van der Waals surface area contributed by atoms with Crippen molar-refractivity contribution in [2.75, 3.05) is 0 Å². The molecule has 0 aliphatic carbocycles. The molecule has 0 unspecified atom stereocenters. The Bertz CT molecular complexity index is 2040. The molecule has 3 heteroatoms. The van der Waals surface area contributed by atoms with Gasteiger partial charge in [0.25, 0.3) is 0 Å². The molecule has 228 valence electrons. The highest BCUT2D eigenvalue weighted by atomic mass is 15.0. The van der Waals surface area contributed by atoms with Crippen LogP contribution in [0.5, 0.6) is 0 Å². The number of hydrogen-bond acceptors (Lipinski definition) is 2. The summed E-state index contributed by atoms with van der Waals surface area (Å²) in [4.78, 5) is 0. The molecule has 0 fully saturated rings. The molecule has 0 aliphatic heterocycles. The number of hydrogen-bond donors (Lipinski definition) is 2. The fourth-order valence-corrected chi connectivity index (χ4v) is 6.02. The molecule has 4 aromatic carbocycles. The third kappa shape index (κ3) is 6.27. The van der Waals surface area contributed by atoms with Gasteiger partial charge in [-0.1, -0.05) is 116 Å². The molecule has 1 aromatic heterocycles. The van der Waals surface area contributed by atoms with Gasteiger partial charge in [-0.3, -0.25) is 0 Å². The van der Waals surface area contributed by atoms with E-state index in [2.05, 4.69) is 129 Å². The van der Waals surface area contributed by atoms with E-state index >= 15 is 0 Å². The fourth-order valence-electron chi connectivity index (χ4n) is 6.02. The van der Waals surface area contributed by atoms with E-state index < -0.39 is 0 Å². The Hall–Kier alpha value is -5.67. The van der Waals surface area contributed by atoms with E-state index in [1.54, 1.807) is 0 Å². The molecule has 5 rings (SSSR count). The summed E-state index contributed by atoms with van der Waals surface area (Å²) in [5.74, 6) is 0. The van der Waals surface area contributed by atoms with Gasteiger partial charge < -0.3 is 15.7 Å². The fraction of sp³-hybridized carbons (Fsp3) is 0.0930. The second-order valence-corrected chi connectivity index (χ2v) is 11.2. The maximum atomic E-state index is 7.90. The molecule has 0 spiro atoms. The van der Waals surface area contributed by atoms with Crippen molar-refractivity contribution in [2.24, 2.45) is 5.73 Å².